The molecule has 0 aromatic heterocycles. The second-order valence-corrected chi connectivity index (χ2v) is 3.01. The summed E-state index contributed by atoms with van der Waals surface area (Å²) in [4.78, 5) is 11.3. The van der Waals surface area contributed by atoms with Crippen molar-refractivity contribution in [3.05, 3.63) is 35.5 Å². The molecule has 1 amide bonds. The highest BCUT2D eigenvalue weighted by molar-refractivity contribution is 5.98. The molecule has 0 unspecified atom stereocenters. The molecule has 0 saturated heterocycles. The zero-order chi connectivity index (χ0) is 8.39. The first kappa shape index (κ1) is 7.35. The molecule has 0 aromatic rings. The first-order valence-corrected chi connectivity index (χ1v) is 4.21. The van der Waals surface area contributed by atoms with Crippen molar-refractivity contribution in [1.82, 2.24) is 5.32 Å². The van der Waals surface area contributed by atoms with Crippen LogP contribution in [0.15, 0.2) is 35.5 Å². The third-order valence-electron chi connectivity index (χ3n) is 2.21. The molecule has 1 aliphatic carbocycles. The monoisotopic (exact) mass is 161 g/mol. The zero-order valence-electron chi connectivity index (χ0n) is 6.84. The third-order valence-corrected chi connectivity index (χ3v) is 2.21. The van der Waals surface area contributed by atoms with E-state index in [4.69, 9.17) is 0 Å². The Bertz CT molecular complexity index is 297. The van der Waals surface area contributed by atoms with Crippen molar-refractivity contribution in [2.24, 2.45) is 0 Å². The number of carbonyl (C=O) groups is 1. The van der Waals surface area contributed by atoms with Crippen LogP contribution in [0.4, 0.5) is 0 Å². The van der Waals surface area contributed by atoms with Crippen LogP contribution >= 0.6 is 0 Å². The summed E-state index contributed by atoms with van der Waals surface area (Å²) in [6, 6.07) is 0. The van der Waals surface area contributed by atoms with Gasteiger partial charge in [-0.3, -0.25) is 4.79 Å². The Morgan fingerprint density at radius 1 is 1.33 bits per heavy atom. The largest absolute Gasteiger partial charge is 0.352 e. The number of hydrogen-bond acceptors (Lipinski definition) is 1. The summed E-state index contributed by atoms with van der Waals surface area (Å²) in [6.07, 6.45) is 9.83. The van der Waals surface area contributed by atoms with Crippen molar-refractivity contribution in [3.8, 4) is 0 Å². The topological polar surface area (TPSA) is 29.1 Å². The zero-order valence-corrected chi connectivity index (χ0v) is 6.84. The summed E-state index contributed by atoms with van der Waals surface area (Å²) in [6.45, 7) is 0.791. The van der Waals surface area contributed by atoms with Crippen LogP contribution in [0.1, 0.15) is 12.8 Å². The van der Waals surface area contributed by atoms with Crippen LogP contribution in [-0.2, 0) is 4.79 Å². The second-order valence-electron chi connectivity index (χ2n) is 3.01. The molecule has 1 aliphatic heterocycles. The standard InChI is InChI=1S/C10H11NO/c12-10-9-5-3-1-2-4-8(9)6-7-11-10/h1-3,5H,4,6-7H2,(H,11,12). The van der Waals surface area contributed by atoms with E-state index >= 15 is 0 Å². The van der Waals surface area contributed by atoms with Gasteiger partial charge in [0, 0.05) is 12.1 Å². The highest BCUT2D eigenvalue weighted by Gasteiger charge is 2.17. The van der Waals surface area contributed by atoms with Crippen LogP contribution in [0.25, 0.3) is 0 Å². The van der Waals surface area contributed by atoms with Crippen molar-refractivity contribution in [1.29, 1.82) is 0 Å². The highest BCUT2D eigenvalue weighted by atomic mass is 16.1. The lowest BCUT2D eigenvalue weighted by molar-refractivity contribution is -0.117. The van der Waals surface area contributed by atoms with Crippen molar-refractivity contribution in [2.45, 2.75) is 12.8 Å². The molecule has 2 aliphatic rings. The number of nitrogens with one attached hydrogen (secondary N) is 1. The normalized spacial score (nSPS) is 21.8. The third kappa shape index (κ3) is 1.20. The summed E-state index contributed by atoms with van der Waals surface area (Å²) in [5.74, 6) is 0.0798. The molecule has 0 saturated carbocycles. The van der Waals surface area contributed by atoms with Crippen molar-refractivity contribution in [3.63, 3.8) is 0 Å². The first-order chi connectivity index (χ1) is 5.88. The molecule has 12 heavy (non-hydrogen) atoms. The smallest absolute Gasteiger partial charge is 0.251 e. The van der Waals surface area contributed by atoms with Crippen molar-refractivity contribution >= 4 is 5.91 Å². The summed E-state index contributed by atoms with van der Waals surface area (Å²) < 4.78 is 0. The molecule has 1 N–H and O–H groups in total. The van der Waals surface area contributed by atoms with Gasteiger partial charge in [-0.25, -0.2) is 0 Å². The van der Waals surface area contributed by atoms with Gasteiger partial charge in [0.15, 0.2) is 0 Å². The Morgan fingerprint density at radius 2 is 2.25 bits per heavy atom. The summed E-state index contributed by atoms with van der Waals surface area (Å²) in [5.41, 5.74) is 2.13. The fourth-order valence-electron chi connectivity index (χ4n) is 1.56. The van der Waals surface area contributed by atoms with E-state index in [0.717, 1.165) is 25.0 Å². The van der Waals surface area contributed by atoms with Crippen LogP contribution in [0, 0.1) is 0 Å². The average molecular weight is 161 g/mol. The van der Waals surface area contributed by atoms with E-state index < -0.39 is 0 Å². The molecule has 0 radical (unpaired) electrons. The molecule has 0 spiro atoms. The number of amides is 1. The Hall–Kier alpha value is -1.31. The van der Waals surface area contributed by atoms with Crippen molar-refractivity contribution in [2.75, 3.05) is 6.54 Å². The lowest BCUT2D eigenvalue weighted by Crippen LogP contribution is -2.30. The Labute approximate surface area is 71.7 Å². The fourth-order valence-corrected chi connectivity index (χ4v) is 1.56. The first-order valence-electron chi connectivity index (χ1n) is 4.21. The molecule has 2 nitrogen and oxygen atoms in total. The SMILES string of the molecule is O=C1NCCC2=C1C=CC=CC2. The summed E-state index contributed by atoms with van der Waals surface area (Å²) >= 11 is 0. The van der Waals surface area contributed by atoms with Gasteiger partial charge < -0.3 is 5.32 Å². The molecule has 0 atom stereocenters. The number of rotatable bonds is 0. The predicted molar refractivity (Wildman–Crippen MR) is 47.5 cm³/mol. The van der Waals surface area contributed by atoms with E-state index in [2.05, 4.69) is 11.4 Å². The molecular weight excluding hydrogens is 150 g/mol. The number of allylic oxidation sites excluding steroid dienone is 3. The summed E-state index contributed by atoms with van der Waals surface area (Å²) in [7, 11) is 0. The molecule has 0 bridgehead atoms. The van der Waals surface area contributed by atoms with Crippen LogP contribution in [0.5, 0.6) is 0 Å². The molecule has 62 valence electrons. The van der Waals surface area contributed by atoms with E-state index in [1.807, 2.05) is 18.2 Å². The average Bonchev–Trinajstić information content (AvgIpc) is 2.30. The molecule has 2 rings (SSSR count). The maximum absolute atomic E-state index is 11.3. The minimum Gasteiger partial charge on any atom is -0.352 e. The van der Waals surface area contributed by atoms with Gasteiger partial charge in [-0.15, -0.1) is 0 Å². The molecule has 1 heterocycles. The van der Waals surface area contributed by atoms with E-state index in [-0.39, 0.29) is 5.91 Å². The Balaban J connectivity index is 2.38. The molecule has 0 fully saturated rings. The van der Waals surface area contributed by atoms with Gasteiger partial charge in [0.05, 0.1) is 0 Å². The van der Waals surface area contributed by atoms with E-state index in [0.29, 0.717) is 0 Å². The maximum Gasteiger partial charge on any atom is 0.251 e. The highest BCUT2D eigenvalue weighted by Crippen LogP contribution is 2.20. The van der Waals surface area contributed by atoms with Crippen molar-refractivity contribution < 1.29 is 4.79 Å². The Morgan fingerprint density at radius 3 is 3.17 bits per heavy atom. The van der Waals surface area contributed by atoms with E-state index in [1.54, 1.807) is 0 Å². The van der Waals surface area contributed by atoms with Gasteiger partial charge in [-0.1, -0.05) is 23.8 Å². The quantitative estimate of drug-likeness (QED) is 0.570. The van der Waals surface area contributed by atoms with E-state index in [1.165, 1.54) is 5.57 Å². The predicted octanol–water partition coefficient (Wildman–Crippen LogP) is 1.32. The van der Waals surface area contributed by atoms with Gasteiger partial charge in [0.1, 0.15) is 0 Å². The second kappa shape index (κ2) is 2.97. The minimum absolute atomic E-state index is 0.0798. The lowest BCUT2D eigenvalue weighted by atomic mass is 9.99. The van der Waals surface area contributed by atoms with Gasteiger partial charge >= 0.3 is 0 Å². The van der Waals surface area contributed by atoms with Crippen LogP contribution < -0.4 is 5.32 Å². The molecule has 2 heteroatoms. The van der Waals surface area contributed by atoms with Crippen LogP contribution in [0.3, 0.4) is 0 Å². The maximum atomic E-state index is 11.3. The van der Waals surface area contributed by atoms with Crippen LogP contribution in [-0.4, -0.2) is 12.5 Å². The molecular formula is C10H11NO. The number of carbonyl (C=O) groups excluding carboxylic acids is 1. The fraction of sp³-hybridized carbons (Fsp3) is 0.300. The minimum atomic E-state index is 0.0798. The lowest BCUT2D eigenvalue weighted by Gasteiger charge is -2.16. The van der Waals surface area contributed by atoms with Gasteiger partial charge in [0.2, 0.25) is 0 Å². The summed E-state index contributed by atoms with van der Waals surface area (Å²) in [5, 5.41) is 2.83. The van der Waals surface area contributed by atoms with Gasteiger partial charge in [-0.05, 0) is 18.9 Å². The van der Waals surface area contributed by atoms with Gasteiger partial charge in [-0.2, -0.15) is 0 Å². The van der Waals surface area contributed by atoms with E-state index in [9.17, 15) is 4.79 Å². The van der Waals surface area contributed by atoms with Crippen LogP contribution in [0.2, 0.25) is 0 Å². The van der Waals surface area contributed by atoms with Gasteiger partial charge in [0.25, 0.3) is 5.91 Å². The Kier molecular flexibility index (Phi) is 1.82. The molecule has 0 aromatic carbocycles. The number of hydrogen-bond donors (Lipinski definition) is 1.